The van der Waals surface area contributed by atoms with E-state index in [0.29, 0.717) is 12.8 Å². The summed E-state index contributed by atoms with van der Waals surface area (Å²) in [6.45, 7) is 7.40. The third kappa shape index (κ3) is 3.76. The van der Waals surface area contributed by atoms with Gasteiger partial charge in [-0.05, 0) is 13.3 Å². The van der Waals surface area contributed by atoms with Gasteiger partial charge in [0.2, 0.25) is 0 Å². The third-order valence-corrected chi connectivity index (χ3v) is 4.01. The number of aliphatic carboxylic acids is 1. The number of thiazole rings is 1. The standard InChI is InChI=1S/C13H20N2O3S/c1-5-6-13(4,12(17)18)15-10(16)9-7-19-11(14-9)8(2)3/h7-8H,5-6H2,1-4H3,(H,15,16)(H,17,18). The molecule has 0 aliphatic carbocycles. The molecule has 0 aliphatic rings. The highest BCUT2D eigenvalue weighted by Gasteiger charge is 2.34. The lowest BCUT2D eigenvalue weighted by Gasteiger charge is -2.25. The number of carboxylic acid groups (broad SMARTS) is 1. The Morgan fingerprint density at radius 3 is 2.58 bits per heavy atom. The van der Waals surface area contributed by atoms with Crippen LogP contribution in [0.2, 0.25) is 0 Å². The average Bonchev–Trinajstić information content (AvgIpc) is 2.78. The van der Waals surface area contributed by atoms with Crippen molar-refractivity contribution in [2.75, 3.05) is 0 Å². The molecule has 0 spiro atoms. The summed E-state index contributed by atoms with van der Waals surface area (Å²) in [5.74, 6) is -1.20. The lowest BCUT2D eigenvalue weighted by Crippen LogP contribution is -2.52. The number of rotatable bonds is 6. The summed E-state index contributed by atoms with van der Waals surface area (Å²) in [5.41, 5.74) is -0.953. The Morgan fingerprint density at radius 1 is 1.53 bits per heavy atom. The quantitative estimate of drug-likeness (QED) is 0.841. The molecule has 1 aromatic heterocycles. The summed E-state index contributed by atoms with van der Waals surface area (Å²) in [5, 5.41) is 14.3. The first kappa shape index (κ1) is 15.6. The summed E-state index contributed by atoms with van der Waals surface area (Å²) in [7, 11) is 0. The molecular weight excluding hydrogens is 264 g/mol. The number of carbonyl (C=O) groups is 2. The van der Waals surface area contributed by atoms with E-state index in [-0.39, 0.29) is 11.6 Å². The fourth-order valence-corrected chi connectivity index (χ4v) is 2.51. The van der Waals surface area contributed by atoms with Crippen molar-refractivity contribution in [2.45, 2.75) is 52.0 Å². The van der Waals surface area contributed by atoms with Gasteiger partial charge >= 0.3 is 5.97 Å². The molecule has 2 N–H and O–H groups in total. The van der Waals surface area contributed by atoms with Crippen molar-refractivity contribution in [3.63, 3.8) is 0 Å². The van der Waals surface area contributed by atoms with Crippen molar-refractivity contribution >= 4 is 23.2 Å². The number of aromatic nitrogens is 1. The molecule has 0 saturated carbocycles. The summed E-state index contributed by atoms with van der Waals surface area (Å²) in [6, 6.07) is 0. The van der Waals surface area contributed by atoms with E-state index in [1.807, 2.05) is 20.8 Å². The highest BCUT2D eigenvalue weighted by Crippen LogP contribution is 2.20. The van der Waals surface area contributed by atoms with Gasteiger partial charge in [0.15, 0.2) is 0 Å². The highest BCUT2D eigenvalue weighted by atomic mass is 32.1. The Morgan fingerprint density at radius 2 is 2.16 bits per heavy atom. The Bertz CT molecular complexity index is 470. The van der Waals surface area contributed by atoms with E-state index < -0.39 is 17.4 Å². The van der Waals surface area contributed by atoms with Gasteiger partial charge in [-0.3, -0.25) is 4.79 Å². The van der Waals surface area contributed by atoms with Crippen LogP contribution in [0.5, 0.6) is 0 Å². The molecule has 1 rings (SSSR count). The fourth-order valence-electron chi connectivity index (χ4n) is 1.69. The second kappa shape index (κ2) is 6.14. The van der Waals surface area contributed by atoms with Crippen molar-refractivity contribution in [3.05, 3.63) is 16.1 Å². The van der Waals surface area contributed by atoms with Crippen molar-refractivity contribution < 1.29 is 14.7 Å². The minimum absolute atomic E-state index is 0.257. The number of carbonyl (C=O) groups excluding carboxylic acids is 1. The lowest BCUT2D eigenvalue weighted by atomic mass is 9.96. The molecule has 1 heterocycles. The number of hydrogen-bond donors (Lipinski definition) is 2. The summed E-state index contributed by atoms with van der Waals surface area (Å²) in [6.07, 6.45) is 1.06. The number of nitrogens with one attached hydrogen (secondary N) is 1. The van der Waals surface area contributed by atoms with Crippen LogP contribution in [0.15, 0.2) is 5.38 Å². The first-order valence-corrected chi connectivity index (χ1v) is 7.19. The highest BCUT2D eigenvalue weighted by molar-refractivity contribution is 7.09. The summed E-state index contributed by atoms with van der Waals surface area (Å²) >= 11 is 1.41. The molecule has 106 valence electrons. The molecular formula is C13H20N2O3S. The van der Waals surface area contributed by atoms with Crippen LogP contribution in [-0.2, 0) is 4.79 Å². The molecule has 5 nitrogen and oxygen atoms in total. The van der Waals surface area contributed by atoms with Gasteiger partial charge in [0, 0.05) is 11.3 Å². The topological polar surface area (TPSA) is 79.3 Å². The second-order valence-electron chi connectivity index (χ2n) is 5.07. The van der Waals surface area contributed by atoms with E-state index >= 15 is 0 Å². The Hall–Kier alpha value is -1.43. The zero-order valence-electron chi connectivity index (χ0n) is 11.7. The zero-order valence-corrected chi connectivity index (χ0v) is 12.5. The molecule has 1 aromatic rings. The van der Waals surface area contributed by atoms with Crippen molar-refractivity contribution in [3.8, 4) is 0 Å². The SMILES string of the molecule is CCCC(C)(NC(=O)c1csc(C(C)C)n1)C(=O)O. The molecule has 1 amide bonds. The van der Waals surface area contributed by atoms with E-state index in [1.165, 1.54) is 18.3 Å². The molecule has 0 radical (unpaired) electrons. The minimum Gasteiger partial charge on any atom is -0.480 e. The van der Waals surface area contributed by atoms with Crippen molar-refractivity contribution in [1.29, 1.82) is 0 Å². The maximum atomic E-state index is 12.0. The van der Waals surface area contributed by atoms with Crippen LogP contribution in [0.1, 0.15) is 62.0 Å². The number of nitrogens with zero attached hydrogens (tertiary/aromatic N) is 1. The molecule has 0 bridgehead atoms. The van der Waals surface area contributed by atoms with Crippen molar-refractivity contribution in [2.24, 2.45) is 0 Å². The predicted molar refractivity (Wildman–Crippen MR) is 74.6 cm³/mol. The Balaban J connectivity index is 2.85. The number of hydrogen-bond acceptors (Lipinski definition) is 4. The summed E-state index contributed by atoms with van der Waals surface area (Å²) < 4.78 is 0. The number of amides is 1. The van der Waals surface area contributed by atoms with Gasteiger partial charge in [-0.15, -0.1) is 11.3 Å². The Labute approximate surface area is 117 Å². The normalized spacial score (nSPS) is 14.2. The first-order chi connectivity index (χ1) is 8.80. The summed E-state index contributed by atoms with van der Waals surface area (Å²) in [4.78, 5) is 27.5. The molecule has 19 heavy (non-hydrogen) atoms. The Kier molecular flexibility index (Phi) is 5.05. The monoisotopic (exact) mass is 284 g/mol. The van der Waals surface area contributed by atoms with E-state index in [0.717, 1.165) is 5.01 Å². The maximum absolute atomic E-state index is 12.0. The van der Waals surface area contributed by atoms with E-state index in [1.54, 1.807) is 5.38 Å². The van der Waals surface area contributed by atoms with E-state index in [2.05, 4.69) is 10.3 Å². The van der Waals surface area contributed by atoms with Crippen LogP contribution < -0.4 is 5.32 Å². The van der Waals surface area contributed by atoms with Gasteiger partial charge in [0.1, 0.15) is 11.2 Å². The van der Waals surface area contributed by atoms with Crippen LogP contribution in [-0.4, -0.2) is 27.5 Å². The van der Waals surface area contributed by atoms with Crippen LogP contribution >= 0.6 is 11.3 Å². The molecule has 0 fully saturated rings. The van der Waals surface area contributed by atoms with E-state index in [9.17, 15) is 14.7 Å². The molecule has 0 aliphatic heterocycles. The van der Waals surface area contributed by atoms with E-state index in [4.69, 9.17) is 0 Å². The van der Waals surface area contributed by atoms with Gasteiger partial charge in [-0.1, -0.05) is 27.2 Å². The van der Waals surface area contributed by atoms with Gasteiger partial charge in [-0.25, -0.2) is 9.78 Å². The van der Waals surface area contributed by atoms with Crippen LogP contribution in [0.4, 0.5) is 0 Å². The largest absolute Gasteiger partial charge is 0.480 e. The molecule has 0 saturated heterocycles. The average molecular weight is 284 g/mol. The van der Waals surface area contributed by atoms with Gasteiger partial charge in [-0.2, -0.15) is 0 Å². The fraction of sp³-hybridized carbons (Fsp3) is 0.615. The van der Waals surface area contributed by atoms with Gasteiger partial charge < -0.3 is 10.4 Å². The van der Waals surface area contributed by atoms with Crippen LogP contribution in [0, 0.1) is 0 Å². The first-order valence-electron chi connectivity index (χ1n) is 6.31. The third-order valence-electron chi connectivity index (χ3n) is 2.86. The molecule has 1 unspecified atom stereocenters. The zero-order chi connectivity index (χ0) is 14.6. The van der Waals surface area contributed by atoms with Crippen molar-refractivity contribution in [1.82, 2.24) is 10.3 Å². The van der Waals surface area contributed by atoms with Crippen LogP contribution in [0.3, 0.4) is 0 Å². The smallest absolute Gasteiger partial charge is 0.329 e. The molecule has 6 heteroatoms. The van der Waals surface area contributed by atoms with Crippen LogP contribution in [0.25, 0.3) is 0 Å². The predicted octanol–water partition coefficient (Wildman–Crippen LogP) is 2.64. The maximum Gasteiger partial charge on any atom is 0.329 e. The lowest BCUT2D eigenvalue weighted by molar-refractivity contribution is -0.144. The number of carboxylic acids is 1. The second-order valence-corrected chi connectivity index (χ2v) is 5.96. The molecule has 0 aromatic carbocycles. The van der Waals surface area contributed by atoms with Gasteiger partial charge in [0.05, 0.1) is 5.01 Å². The van der Waals surface area contributed by atoms with Gasteiger partial charge in [0.25, 0.3) is 5.91 Å². The minimum atomic E-state index is -1.24. The molecule has 1 atom stereocenters.